The average molecular weight is 281 g/mol. The molecule has 112 valence electrons. The molecule has 2 aliphatic rings. The molecule has 0 radical (unpaired) electrons. The summed E-state index contributed by atoms with van der Waals surface area (Å²) in [4.78, 5) is 23.4. The second-order valence-corrected chi connectivity index (χ2v) is 6.00. The third-order valence-corrected chi connectivity index (χ3v) is 4.46. The van der Waals surface area contributed by atoms with E-state index in [2.05, 4.69) is 5.32 Å². The van der Waals surface area contributed by atoms with Crippen LogP contribution in [-0.2, 0) is 9.59 Å². The lowest BCUT2D eigenvalue weighted by Gasteiger charge is -2.33. The molecule has 2 aliphatic carbocycles. The number of hydrogen-bond acceptors (Lipinski definition) is 3. The third kappa shape index (κ3) is 3.60. The van der Waals surface area contributed by atoms with Crippen LogP contribution in [0.4, 0.5) is 0 Å². The number of aliphatic carboxylic acids is 1. The van der Waals surface area contributed by atoms with Crippen LogP contribution in [0.1, 0.15) is 44.9 Å². The van der Waals surface area contributed by atoms with Crippen LogP contribution < -0.4 is 5.32 Å². The van der Waals surface area contributed by atoms with Gasteiger partial charge in [0, 0.05) is 6.54 Å². The quantitative estimate of drug-likeness (QED) is 0.681. The second kappa shape index (κ2) is 6.39. The summed E-state index contributed by atoms with van der Waals surface area (Å²) in [7, 11) is 0. The number of rotatable bonds is 4. The van der Waals surface area contributed by atoms with Crippen molar-refractivity contribution in [3.05, 3.63) is 12.2 Å². The predicted molar refractivity (Wildman–Crippen MR) is 74.0 cm³/mol. The van der Waals surface area contributed by atoms with E-state index in [1.54, 1.807) is 0 Å². The minimum absolute atomic E-state index is 0.235. The summed E-state index contributed by atoms with van der Waals surface area (Å²) < 4.78 is 0. The van der Waals surface area contributed by atoms with Gasteiger partial charge < -0.3 is 15.5 Å². The van der Waals surface area contributed by atoms with Crippen LogP contribution in [0.3, 0.4) is 0 Å². The van der Waals surface area contributed by atoms with E-state index in [1.807, 2.05) is 12.2 Å². The Kier molecular flexibility index (Phi) is 4.81. The van der Waals surface area contributed by atoms with E-state index in [0.717, 1.165) is 19.3 Å². The Morgan fingerprint density at radius 2 is 1.70 bits per heavy atom. The fraction of sp³-hybridized carbons (Fsp3) is 0.733. The van der Waals surface area contributed by atoms with Crippen LogP contribution >= 0.6 is 0 Å². The van der Waals surface area contributed by atoms with Crippen molar-refractivity contribution in [3.8, 4) is 0 Å². The van der Waals surface area contributed by atoms with Gasteiger partial charge >= 0.3 is 5.97 Å². The van der Waals surface area contributed by atoms with Crippen molar-refractivity contribution in [1.82, 2.24) is 5.32 Å². The first-order valence-electron chi connectivity index (χ1n) is 7.40. The van der Waals surface area contributed by atoms with Crippen molar-refractivity contribution >= 4 is 11.9 Å². The lowest BCUT2D eigenvalue weighted by atomic mass is 9.81. The zero-order valence-electron chi connectivity index (χ0n) is 11.7. The van der Waals surface area contributed by atoms with E-state index in [9.17, 15) is 14.7 Å². The van der Waals surface area contributed by atoms with E-state index in [1.165, 1.54) is 0 Å². The maximum Gasteiger partial charge on any atom is 0.307 e. The molecule has 0 aliphatic heterocycles. The number of hydrogen-bond donors (Lipinski definition) is 3. The number of carbonyl (C=O) groups is 2. The first-order chi connectivity index (χ1) is 9.52. The van der Waals surface area contributed by atoms with E-state index in [4.69, 9.17) is 5.11 Å². The van der Waals surface area contributed by atoms with E-state index < -0.39 is 23.4 Å². The predicted octanol–water partition coefficient (Wildman–Crippen LogP) is 1.46. The highest BCUT2D eigenvalue weighted by atomic mass is 16.4. The fourth-order valence-electron chi connectivity index (χ4n) is 3.15. The van der Waals surface area contributed by atoms with Crippen molar-refractivity contribution in [2.75, 3.05) is 6.54 Å². The number of carboxylic acid groups (broad SMARTS) is 1. The van der Waals surface area contributed by atoms with E-state index in [0.29, 0.717) is 25.7 Å². The number of aliphatic hydroxyl groups is 1. The van der Waals surface area contributed by atoms with Gasteiger partial charge in [0.25, 0.3) is 0 Å². The number of carboxylic acids is 1. The van der Waals surface area contributed by atoms with Gasteiger partial charge in [-0.3, -0.25) is 9.59 Å². The van der Waals surface area contributed by atoms with Gasteiger partial charge in [-0.1, -0.05) is 31.4 Å². The number of allylic oxidation sites excluding steroid dienone is 2. The van der Waals surface area contributed by atoms with Crippen molar-refractivity contribution in [2.24, 2.45) is 11.8 Å². The van der Waals surface area contributed by atoms with Crippen molar-refractivity contribution in [3.63, 3.8) is 0 Å². The Balaban J connectivity index is 1.90. The standard InChI is InChI=1S/C15H23NO4/c17-13(11-6-2-3-7-12(11)14(18)19)16-10-15(20)8-4-1-5-9-15/h2-3,11-12,20H,1,4-10H2,(H,16,17)(H,18,19)/t11-,12+/m1/s1. The van der Waals surface area contributed by atoms with Crippen molar-refractivity contribution in [2.45, 2.75) is 50.5 Å². The number of amides is 1. The molecule has 0 spiro atoms. The Labute approximate surface area is 119 Å². The average Bonchev–Trinajstić information content (AvgIpc) is 2.45. The molecule has 5 nitrogen and oxygen atoms in total. The third-order valence-electron chi connectivity index (χ3n) is 4.46. The molecule has 1 saturated carbocycles. The van der Waals surface area contributed by atoms with Gasteiger partial charge in [-0.25, -0.2) is 0 Å². The highest BCUT2D eigenvalue weighted by Gasteiger charge is 2.35. The van der Waals surface area contributed by atoms with Crippen LogP contribution in [0.15, 0.2) is 12.2 Å². The number of nitrogens with one attached hydrogen (secondary N) is 1. The van der Waals surface area contributed by atoms with Crippen LogP contribution in [0.25, 0.3) is 0 Å². The molecule has 2 rings (SSSR count). The maximum absolute atomic E-state index is 12.2. The molecule has 3 N–H and O–H groups in total. The topological polar surface area (TPSA) is 86.6 Å². The van der Waals surface area contributed by atoms with Crippen LogP contribution in [0.5, 0.6) is 0 Å². The summed E-state index contributed by atoms with van der Waals surface area (Å²) in [5.74, 6) is -2.35. The molecule has 1 amide bonds. The Morgan fingerprint density at radius 1 is 1.10 bits per heavy atom. The van der Waals surface area contributed by atoms with Gasteiger partial charge in [0.15, 0.2) is 0 Å². The first-order valence-corrected chi connectivity index (χ1v) is 7.40. The van der Waals surface area contributed by atoms with Gasteiger partial charge in [0.1, 0.15) is 0 Å². The number of carbonyl (C=O) groups excluding carboxylic acids is 1. The molecule has 0 bridgehead atoms. The molecule has 5 heteroatoms. The summed E-state index contributed by atoms with van der Waals surface area (Å²) >= 11 is 0. The highest BCUT2D eigenvalue weighted by Crippen LogP contribution is 2.29. The monoisotopic (exact) mass is 281 g/mol. The molecule has 0 unspecified atom stereocenters. The van der Waals surface area contributed by atoms with Gasteiger partial charge in [-0.05, 0) is 25.7 Å². The van der Waals surface area contributed by atoms with E-state index in [-0.39, 0.29) is 12.5 Å². The largest absolute Gasteiger partial charge is 0.481 e. The molecular weight excluding hydrogens is 258 g/mol. The van der Waals surface area contributed by atoms with Gasteiger partial charge in [-0.2, -0.15) is 0 Å². The Morgan fingerprint density at radius 3 is 2.30 bits per heavy atom. The molecule has 0 aromatic carbocycles. The van der Waals surface area contributed by atoms with Crippen LogP contribution in [0.2, 0.25) is 0 Å². The summed E-state index contributed by atoms with van der Waals surface area (Å²) in [6.45, 7) is 0.235. The highest BCUT2D eigenvalue weighted by molar-refractivity contribution is 5.85. The van der Waals surface area contributed by atoms with Crippen molar-refractivity contribution < 1.29 is 19.8 Å². The smallest absolute Gasteiger partial charge is 0.307 e. The first kappa shape index (κ1) is 15.0. The summed E-state index contributed by atoms with van der Waals surface area (Å²) in [6, 6.07) is 0. The lowest BCUT2D eigenvalue weighted by molar-refractivity contribution is -0.147. The Bertz CT molecular complexity index is 399. The zero-order valence-corrected chi connectivity index (χ0v) is 11.7. The molecule has 0 heterocycles. The molecule has 2 atom stereocenters. The molecular formula is C15H23NO4. The molecule has 0 aromatic rings. The maximum atomic E-state index is 12.2. The van der Waals surface area contributed by atoms with Crippen LogP contribution in [0, 0.1) is 11.8 Å². The molecule has 0 aromatic heterocycles. The minimum atomic E-state index is -0.925. The van der Waals surface area contributed by atoms with Crippen LogP contribution in [-0.4, -0.2) is 34.2 Å². The lowest BCUT2D eigenvalue weighted by Crippen LogP contribution is -2.47. The van der Waals surface area contributed by atoms with Crippen molar-refractivity contribution in [1.29, 1.82) is 0 Å². The second-order valence-electron chi connectivity index (χ2n) is 6.00. The molecule has 20 heavy (non-hydrogen) atoms. The normalized spacial score (nSPS) is 28.9. The Hall–Kier alpha value is -1.36. The summed E-state index contributed by atoms with van der Waals surface area (Å²) in [5, 5.41) is 22.3. The fourth-order valence-corrected chi connectivity index (χ4v) is 3.15. The SMILES string of the molecule is O=C(O)[C@H]1CC=CC[C@H]1C(=O)NCC1(O)CCCCC1. The summed E-state index contributed by atoms with van der Waals surface area (Å²) in [5.41, 5.74) is -0.808. The summed E-state index contributed by atoms with van der Waals surface area (Å²) in [6.07, 6.45) is 9.05. The van der Waals surface area contributed by atoms with Gasteiger partial charge in [0.2, 0.25) is 5.91 Å². The van der Waals surface area contributed by atoms with E-state index >= 15 is 0 Å². The van der Waals surface area contributed by atoms with Gasteiger partial charge in [-0.15, -0.1) is 0 Å². The minimum Gasteiger partial charge on any atom is -0.481 e. The molecule has 0 saturated heterocycles. The molecule has 1 fully saturated rings. The zero-order chi connectivity index (χ0) is 14.6. The van der Waals surface area contributed by atoms with Gasteiger partial charge in [0.05, 0.1) is 17.4 Å².